The molecule has 3 aromatic rings. The number of carbonyl (C=O) groups excluding carboxylic acids is 1. The molecule has 1 aromatic carbocycles. The second-order valence-corrected chi connectivity index (χ2v) is 7.51. The van der Waals surface area contributed by atoms with Crippen LogP contribution in [-0.2, 0) is 7.05 Å². The topological polar surface area (TPSA) is 114 Å². The number of nitrogen functional groups attached to an aromatic ring is 1. The second kappa shape index (κ2) is 7.69. The molecule has 0 bridgehead atoms. The smallest absolute Gasteiger partial charge is 0.321 e. The van der Waals surface area contributed by atoms with Crippen LogP contribution in [0.4, 0.5) is 22.2 Å². The number of rotatable bonds is 3. The van der Waals surface area contributed by atoms with Gasteiger partial charge in [-0.1, -0.05) is 0 Å². The van der Waals surface area contributed by atoms with Gasteiger partial charge in [0.05, 0.1) is 18.7 Å². The molecule has 3 N–H and O–H groups in total. The number of piperazine rings is 1. The lowest BCUT2D eigenvalue weighted by Gasteiger charge is -2.40. The molecule has 1 saturated heterocycles. The van der Waals surface area contributed by atoms with Gasteiger partial charge in [0.15, 0.2) is 5.65 Å². The number of urea groups is 1. The Kier molecular flexibility index (Phi) is 5.06. The van der Waals surface area contributed by atoms with E-state index < -0.39 is 0 Å². The van der Waals surface area contributed by atoms with Crippen molar-refractivity contribution in [3.63, 3.8) is 0 Å². The van der Waals surface area contributed by atoms with Crippen molar-refractivity contribution in [3.8, 4) is 5.75 Å². The first-order valence-electron chi connectivity index (χ1n) is 9.80. The molecule has 0 radical (unpaired) electrons. The van der Waals surface area contributed by atoms with Crippen molar-refractivity contribution in [1.82, 2.24) is 24.6 Å². The molecule has 10 heteroatoms. The van der Waals surface area contributed by atoms with Gasteiger partial charge in [0.2, 0.25) is 5.95 Å². The van der Waals surface area contributed by atoms with Crippen LogP contribution in [0.2, 0.25) is 0 Å². The normalized spacial score (nSPS) is 16.7. The van der Waals surface area contributed by atoms with E-state index in [1.165, 1.54) is 0 Å². The number of anilines is 3. The van der Waals surface area contributed by atoms with Crippen LogP contribution in [-0.4, -0.2) is 63.5 Å². The number of hydrogen-bond acceptors (Lipinski definition) is 7. The Morgan fingerprint density at radius 2 is 2.10 bits per heavy atom. The molecule has 0 aliphatic carbocycles. The van der Waals surface area contributed by atoms with Gasteiger partial charge in [0.25, 0.3) is 0 Å². The predicted octanol–water partition coefficient (Wildman–Crippen LogP) is 2.01. The van der Waals surface area contributed by atoms with Crippen molar-refractivity contribution in [2.75, 3.05) is 42.7 Å². The summed E-state index contributed by atoms with van der Waals surface area (Å²) in [6.45, 7) is 5.77. The van der Waals surface area contributed by atoms with E-state index >= 15 is 0 Å². The molecule has 1 aliphatic heterocycles. The highest BCUT2D eigenvalue weighted by Crippen LogP contribution is 2.28. The zero-order valence-corrected chi connectivity index (χ0v) is 17.6. The minimum absolute atomic E-state index is 0.0548. The molecule has 2 amide bonds. The fraction of sp³-hybridized carbons (Fsp3) is 0.400. The van der Waals surface area contributed by atoms with Gasteiger partial charge in [0.1, 0.15) is 11.6 Å². The third kappa shape index (κ3) is 3.56. The minimum Gasteiger partial charge on any atom is -0.497 e. The van der Waals surface area contributed by atoms with Crippen molar-refractivity contribution in [3.05, 3.63) is 30.0 Å². The van der Waals surface area contributed by atoms with E-state index in [0.29, 0.717) is 25.3 Å². The molecule has 3 heterocycles. The highest BCUT2D eigenvalue weighted by molar-refractivity contribution is 5.91. The fourth-order valence-corrected chi connectivity index (χ4v) is 3.80. The van der Waals surface area contributed by atoms with Crippen LogP contribution in [0.15, 0.2) is 24.4 Å². The number of amides is 2. The number of aryl methyl sites for hydroxylation is 2. The van der Waals surface area contributed by atoms with Crippen molar-refractivity contribution in [2.45, 2.75) is 19.9 Å². The van der Waals surface area contributed by atoms with E-state index in [2.05, 4.69) is 32.2 Å². The number of ether oxygens (including phenoxy) is 1. The molecular formula is C20H26N8O2. The zero-order valence-electron chi connectivity index (χ0n) is 17.6. The van der Waals surface area contributed by atoms with Gasteiger partial charge in [-0.25, -0.2) is 4.79 Å². The maximum atomic E-state index is 12.8. The maximum Gasteiger partial charge on any atom is 0.321 e. The molecule has 2 aromatic heterocycles. The third-order valence-corrected chi connectivity index (χ3v) is 5.45. The van der Waals surface area contributed by atoms with E-state index in [9.17, 15) is 4.79 Å². The number of nitrogens with one attached hydrogen (secondary N) is 1. The summed E-state index contributed by atoms with van der Waals surface area (Å²) in [5.41, 5.74) is 8.35. The van der Waals surface area contributed by atoms with E-state index in [-0.39, 0.29) is 18.0 Å². The lowest BCUT2D eigenvalue weighted by Crippen LogP contribution is -2.55. The highest BCUT2D eigenvalue weighted by atomic mass is 16.5. The van der Waals surface area contributed by atoms with Crippen molar-refractivity contribution < 1.29 is 9.53 Å². The zero-order chi connectivity index (χ0) is 21.4. The average Bonchev–Trinajstić information content (AvgIpc) is 3.09. The average molecular weight is 410 g/mol. The van der Waals surface area contributed by atoms with E-state index in [1.54, 1.807) is 18.0 Å². The van der Waals surface area contributed by atoms with Crippen LogP contribution >= 0.6 is 0 Å². The van der Waals surface area contributed by atoms with Crippen molar-refractivity contribution >= 4 is 34.5 Å². The number of methoxy groups -OCH3 is 1. The van der Waals surface area contributed by atoms with Crippen molar-refractivity contribution in [1.29, 1.82) is 0 Å². The molecule has 30 heavy (non-hydrogen) atoms. The number of fused-ring (bicyclic) bond motifs is 1. The van der Waals surface area contributed by atoms with Gasteiger partial charge in [-0.15, -0.1) is 0 Å². The number of carbonyl (C=O) groups is 1. The van der Waals surface area contributed by atoms with Crippen LogP contribution in [0.5, 0.6) is 5.75 Å². The fourth-order valence-electron chi connectivity index (χ4n) is 3.80. The monoisotopic (exact) mass is 410 g/mol. The SMILES string of the molecule is COc1ccc(NC(=O)N2CCN(c3nc(N)nc4c3cnn4C)[C@H](C)C2)c(C)c1. The standard InChI is InChI=1S/C20H26N8O2/c1-12-9-14(30-4)5-6-16(12)23-20(29)27-7-8-28(13(2)11-27)18-15-10-22-26(3)17(15)24-19(21)25-18/h5-6,9-10,13H,7-8,11H2,1-4H3,(H,23,29)(H2,21,24,25)/t13-/m1/s1. The molecule has 158 valence electrons. The highest BCUT2D eigenvalue weighted by Gasteiger charge is 2.29. The Morgan fingerprint density at radius 3 is 2.80 bits per heavy atom. The molecular weight excluding hydrogens is 384 g/mol. The van der Waals surface area contributed by atoms with E-state index in [1.807, 2.05) is 37.1 Å². The molecule has 1 atom stereocenters. The number of nitrogens with zero attached hydrogens (tertiary/aromatic N) is 6. The summed E-state index contributed by atoms with van der Waals surface area (Å²) < 4.78 is 6.91. The second-order valence-electron chi connectivity index (χ2n) is 7.51. The molecule has 1 aliphatic rings. The van der Waals surface area contributed by atoms with Gasteiger partial charge >= 0.3 is 6.03 Å². The van der Waals surface area contributed by atoms with Crippen LogP contribution < -0.4 is 20.7 Å². The summed E-state index contributed by atoms with van der Waals surface area (Å²) >= 11 is 0. The third-order valence-electron chi connectivity index (χ3n) is 5.45. The first kappa shape index (κ1) is 19.7. The largest absolute Gasteiger partial charge is 0.497 e. The van der Waals surface area contributed by atoms with E-state index in [0.717, 1.165) is 28.2 Å². The first-order valence-corrected chi connectivity index (χ1v) is 9.80. The maximum absolute atomic E-state index is 12.8. The molecule has 4 rings (SSSR count). The molecule has 0 spiro atoms. The van der Waals surface area contributed by atoms with Gasteiger partial charge < -0.3 is 25.6 Å². The van der Waals surface area contributed by atoms with Gasteiger partial charge in [0, 0.05) is 38.4 Å². The Bertz CT molecular complexity index is 1100. The molecule has 0 unspecified atom stereocenters. The van der Waals surface area contributed by atoms with Gasteiger partial charge in [-0.05, 0) is 37.6 Å². The number of benzene rings is 1. The number of aromatic nitrogens is 4. The Morgan fingerprint density at radius 1 is 1.30 bits per heavy atom. The quantitative estimate of drug-likeness (QED) is 0.679. The van der Waals surface area contributed by atoms with Crippen LogP contribution in [0.3, 0.4) is 0 Å². The Labute approximate surface area is 174 Å². The Balaban J connectivity index is 1.49. The van der Waals surface area contributed by atoms with Gasteiger partial charge in [-0.3, -0.25) is 4.68 Å². The number of hydrogen-bond donors (Lipinski definition) is 2. The lowest BCUT2D eigenvalue weighted by molar-refractivity contribution is 0.200. The predicted molar refractivity (Wildman–Crippen MR) is 116 cm³/mol. The van der Waals surface area contributed by atoms with Crippen LogP contribution in [0.25, 0.3) is 11.0 Å². The summed E-state index contributed by atoms with van der Waals surface area (Å²) in [5, 5.41) is 8.13. The summed E-state index contributed by atoms with van der Waals surface area (Å²) in [6, 6.07) is 5.52. The summed E-state index contributed by atoms with van der Waals surface area (Å²) in [6.07, 6.45) is 1.75. The number of nitrogens with two attached hydrogens (primary N) is 1. The molecule has 10 nitrogen and oxygen atoms in total. The van der Waals surface area contributed by atoms with Crippen LogP contribution in [0, 0.1) is 6.92 Å². The Hall–Kier alpha value is -3.56. The van der Waals surface area contributed by atoms with Gasteiger partial charge in [-0.2, -0.15) is 15.1 Å². The minimum atomic E-state index is -0.122. The van der Waals surface area contributed by atoms with E-state index in [4.69, 9.17) is 10.5 Å². The van der Waals surface area contributed by atoms with Crippen LogP contribution in [0.1, 0.15) is 12.5 Å². The lowest BCUT2D eigenvalue weighted by atomic mass is 10.1. The summed E-state index contributed by atoms with van der Waals surface area (Å²) in [4.78, 5) is 25.6. The molecule has 1 fully saturated rings. The van der Waals surface area contributed by atoms with Crippen molar-refractivity contribution in [2.24, 2.45) is 7.05 Å². The summed E-state index contributed by atoms with van der Waals surface area (Å²) in [5.74, 6) is 1.73. The first-order chi connectivity index (χ1) is 14.4. The summed E-state index contributed by atoms with van der Waals surface area (Å²) in [7, 11) is 3.45. The molecule has 0 saturated carbocycles.